The first-order valence-electron chi connectivity index (χ1n) is 9.09. The second-order valence-electron chi connectivity index (χ2n) is 6.81. The number of ether oxygens (including phenoxy) is 1. The summed E-state index contributed by atoms with van der Waals surface area (Å²) in [6, 6.07) is 18.1. The van der Waals surface area contributed by atoms with E-state index in [0.717, 1.165) is 17.2 Å². The van der Waals surface area contributed by atoms with Crippen LogP contribution in [-0.4, -0.2) is 36.9 Å². The maximum Gasteiger partial charge on any atom is 0.421 e. The van der Waals surface area contributed by atoms with Gasteiger partial charge < -0.3 is 4.74 Å². The molecule has 0 amide bonds. The summed E-state index contributed by atoms with van der Waals surface area (Å²) in [7, 11) is -3.75. The molecule has 0 unspecified atom stereocenters. The summed E-state index contributed by atoms with van der Waals surface area (Å²) >= 11 is 0. The Balaban J connectivity index is 1.43. The van der Waals surface area contributed by atoms with Crippen LogP contribution >= 0.6 is 0 Å². The Labute approximate surface area is 171 Å². The number of alkyl halides is 3. The maximum absolute atomic E-state index is 13.0. The lowest BCUT2D eigenvalue weighted by Crippen LogP contribution is -2.56. The van der Waals surface area contributed by atoms with E-state index >= 15 is 0 Å². The molecule has 5 nitrogen and oxygen atoms in total. The summed E-state index contributed by atoms with van der Waals surface area (Å²) < 4.78 is 71.1. The molecule has 1 fully saturated rings. The van der Waals surface area contributed by atoms with Gasteiger partial charge in [0.05, 0.1) is 18.0 Å². The zero-order valence-electron chi connectivity index (χ0n) is 15.6. The minimum Gasteiger partial charge on any atom is -0.471 e. The van der Waals surface area contributed by atoms with E-state index in [2.05, 4.69) is 4.98 Å². The van der Waals surface area contributed by atoms with Crippen molar-refractivity contribution in [3.63, 3.8) is 0 Å². The molecule has 1 aliphatic heterocycles. The molecule has 0 N–H and O–H groups in total. The molecule has 0 bridgehead atoms. The molecule has 3 aromatic rings. The molecule has 1 aromatic heterocycles. The molecule has 2 heterocycles. The molecule has 0 aliphatic carbocycles. The highest BCUT2D eigenvalue weighted by atomic mass is 32.2. The van der Waals surface area contributed by atoms with Crippen molar-refractivity contribution in [1.29, 1.82) is 0 Å². The number of pyridine rings is 1. The Bertz CT molecular complexity index is 1130. The second kappa shape index (κ2) is 7.73. The first kappa shape index (κ1) is 20.4. The van der Waals surface area contributed by atoms with Gasteiger partial charge in [-0.2, -0.15) is 17.5 Å². The maximum atomic E-state index is 13.0. The van der Waals surface area contributed by atoms with Crippen LogP contribution in [0.15, 0.2) is 77.8 Å². The van der Waals surface area contributed by atoms with Gasteiger partial charge in [-0.3, -0.25) is 0 Å². The summed E-state index contributed by atoms with van der Waals surface area (Å²) in [6.45, 7) is -0.0900. The van der Waals surface area contributed by atoms with E-state index in [1.54, 1.807) is 12.1 Å². The average molecular weight is 434 g/mol. The van der Waals surface area contributed by atoms with Crippen LogP contribution in [0.1, 0.15) is 5.56 Å². The highest BCUT2D eigenvalue weighted by Gasteiger charge is 2.41. The van der Waals surface area contributed by atoms with Crippen LogP contribution in [0.5, 0.6) is 5.88 Å². The molecule has 0 saturated carbocycles. The molecule has 0 atom stereocenters. The molecule has 0 spiro atoms. The number of aromatic nitrogens is 1. The van der Waals surface area contributed by atoms with Crippen LogP contribution < -0.4 is 4.74 Å². The Hall–Kier alpha value is -2.91. The van der Waals surface area contributed by atoms with Crippen molar-refractivity contribution in [2.45, 2.75) is 17.2 Å². The van der Waals surface area contributed by atoms with E-state index in [0.29, 0.717) is 0 Å². The van der Waals surface area contributed by atoms with Crippen molar-refractivity contribution < 1.29 is 26.3 Å². The molecule has 1 saturated heterocycles. The fraction of sp³-hybridized carbons (Fsp3) is 0.190. The highest BCUT2D eigenvalue weighted by Crippen LogP contribution is 2.36. The van der Waals surface area contributed by atoms with Crippen molar-refractivity contribution >= 4 is 10.0 Å². The summed E-state index contributed by atoms with van der Waals surface area (Å²) in [4.78, 5) is 3.76. The van der Waals surface area contributed by atoms with Gasteiger partial charge in [0.1, 0.15) is 11.7 Å². The van der Waals surface area contributed by atoms with Crippen molar-refractivity contribution in [3.05, 3.63) is 78.5 Å². The molecule has 1 aliphatic rings. The number of hydrogen-bond donors (Lipinski definition) is 0. The fourth-order valence-corrected chi connectivity index (χ4v) is 4.63. The molecule has 30 heavy (non-hydrogen) atoms. The standard InChI is InChI=1S/C21H17F3N2O3S/c22-21(23,24)19-7-4-12-25-20(19)29-17-13-26(14-17)30(27,28)18-10-8-16(9-11-18)15-5-2-1-3-6-15/h1-12,17H,13-14H2. The Kier molecular flexibility index (Phi) is 5.25. The molecule has 2 aromatic carbocycles. The molecule has 0 radical (unpaired) electrons. The van der Waals surface area contributed by atoms with Gasteiger partial charge in [0.25, 0.3) is 0 Å². The van der Waals surface area contributed by atoms with Gasteiger partial charge in [-0.15, -0.1) is 0 Å². The zero-order chi connectivity index (χ0) is 21.4. The Morgan fingerprint density at radius 2 is 1.53 bits per heavy atom. The second-order valence-corrected chi connectivity index (χ2v) is 8.74. The average Bonchev–Trinajstić information content (AvgIpc) is 2.70. The number of benzene rings is 2. The number of nitrogens with zero attached hydrogens (tertiary/aromatic N) is 2. The summed E-state index contributed by atoms with van der Waals surface area (Å²) in [6.07, 6.45) is -4.09. The third kappa shape index (κ3) is 4.03. The van der Waals surface area contributed by atoms with E-state index in [9.17, 15) is 21.6 Å². The van der Waals surface area contributed by atoms with Gasteiger partial charge in [-0.25, -0.2) is 13.4 Å². The normalized spacial score (nSPS) is 15.6. The summed E-state index contributed by atoms with van der Waals surface area (Å²) in [5.74, 6) is -0.542. The lowest BCUT2D eigenvalue weighted by molar-refractivity contribution is -0.140. The topological polar surface area (TPSA) is 59.5 Å². The first-order valence-corrected chi connectivity index (χ1v) is 10.5. The van der Waals surface area contributed by atoms with E-state index in [-0.39, 0.29) is 18.0 Å². The van der Waals surface area contributed by atoms with E-state index in [1.807, 2.05) is 30.3 Å². The van der Waals surface area contributed by atoms with Crippen LogP contribution in [0.25, 0.3) is 11.1 Å². The van der Waals surface area contributed by atoms with Crippen molar-refractivity contribution in [2.75, 3.05) is 13.1 Å². The van der Waals surface area contributed by atoms with Crippen molar-refractivity contribution in [2.24, 2.45) is 0 Å². The summed E-state index contributed by atoms with van der Waals surface area (Å²) in [5.41, 5.74) is 0.867. The van der Waals surface area contributed by atoms with E-state index in [4.69, 9.17) is 4.74 Å². The molecular weight excluding hydrogens is 417 g/mol. The lowest BCUT2D eigenvalue weighted by atomic mass is 10.1. The van der Waals surface area contributed by atoms with Crippen LogP contribution in [0.2, 0.25) is 0 Å². The number of halogens is 3. The number of hydrogen-bond acceptors (Lipinski definition) is 4. The minimum atomic E-state index is -4.60. The number of sulfonamides is 1. The van der Waals surface area contributed by atoms with Gasteiger partial charge in [-0.1, -0.05) is 42.5 Å². The third-order valence-electron chi connectivity index (χ3n) is 4.77. The van der Waals surface area contributed by atoms with E-state index in [1.165, 1.54) is 28.7 Å². The highest BCUT2D eigenvalue weighted by molar-refractivity contribution is 7.89. The van der Waals surface area contributed by atoms with Crippen molar-refractivity contribution in [1.82, 2.24) is 9.29 Å². The van der Waals surface area contributed by atoms with Gasteiger partial charge in [-0.05, 0) is 35.4 Å². The van der Waals surface area contributed by atoms with Gasteiger partial charge in [0, 0.05) is 6.20 Å². The van der Waals surface area contributed by atoms with Gasteiger partial charge >= 0.3 is 6.18 Å². The van der Waals surface area contributed by atoms with Crippen LogP contribution in [0, 0.1) is 0 Å². The van der Waals surface area contributed by atoms with Crippen LogP contribution in [-0.2, 0) is 16.2 Å². The largest absolute Gasteiger partial charge is 0.471 e. The predicted molar refractivity (Wildman–Crippen MR) is 104 cm³/mol. The monoisotopic (exact) mass is 434 g/mol. The quantitative estimate of drug-likeness (QED) is 0.603. The van der Waals surface area contributed by atoms with Crippen LogP contribution in [0.4, 0.5) is 13.2 Å². The minimum absolute atomic E-state index is 0.0450. The SMILES string of the molecule is O=S(=O)(c1ccc(-c2ccccc2)cc1)N1CC(Oc2ncccc2C(F)(F)F)C1. The zero-order valence-corrected chi connectivity index (χ0v) is 16.4. The fourth-order valence-electron chi connectivity index (χ4n) is 3.13. The first-order chi connectivity index (χ1) is 14.2. The third-order valence-corrected chi connectivity index (χ3v) is 6.61. The predicted octanol–water partition coefficient (Wildman–Crippen LogP) is 4.22. The molecular formula is C21H17F3N2O3S. The Morgan fingerprint density at radius 3 is 2.17 bits per heavy atom. The molecule has 4 rings (SSSR count). The number of rotatable bonds is 5. The van der Waals surface area contributed by atoms with Gasteiger partial charge in [0.15, 0.2) is 0 Å². The Morgan fingerprint density at radius 1 is 0.900 bits per heavy atom. The molecule has 156 valence electrons. The van der Waals surface area contributed by atoms with Gasteiger partial charge in [0.2, 0.25) is 15.9 Å². The molecule has 9 heteroatoms. The summed E-state index contributed by atoms with van der Waals surface area (Å²) in [5, 5.41) is 0. The lowest BCUT2D eigenvalue weighted by Gasteiger charge is -2.37. The van der Waals surface area contributed by atoms with Crippen molar-refractivity contribution in [3.8, 4) is 17.0 Å². The smallest absolute Gasteiger partial charge is 0.421 e. The van der Waals surface area contributed by atoms with Crippen LogP contribution in [0.3, 0.4) is 0 Å². The van der Waals surface area contributed by atoms with E-state index < -0.39 is 33.7 Å².